The Balaban J connectivity index is 2.06. The summed E-state index contributed by atoms with van der Waals surface area (Å²) in [4.78, 5) is 0. The standard InChI is InChI=1S/C21H14S/c1-13-6-8-15-14(12-13)7-9-17-16(15)10-11-20-21(17)18-4-2-3-5-19(18)22-20/h2-12H,1H3. The van der Waals surface area contributed by atoms with Gasteiger partial charge in [-0.2, -0.15) is 0 Å². The highest BCUT2D eigenvalue weighted by atomic mass is 32.1. The van der Waals surface area contributed by atoms with Gasteiger partial charge in [-0.25, -0.2) is 0 Å². The summed E-state index contributed by atoms with van der Waals surface area (Å²) in [6.45, 7) is 2.15. The van der Waals surface area contributed by atoms with Crippen molar-refractivity contribution in [2.45, 2.75) is 6.92 Å². The minimum atomic E-state index is 1.31. The Bertz CT molecular complexity index is 1180. The van der Waals surface area contributed by atoms with Crippen molar-refractivity contribution >= 4 is 53.1 Å². The van der Waals surface area contributed by atoms with Gasteiger partial charge >= 0.3 is 0 Å². The van der Waals surface area contributed by atoms with Crippen LogP contribution in [0.3, 0.4) is 0 Å². The van der Waals surface area contributed by atoms with Crippen molar-refractivity contribution in [3.8, 4) is 0 Å². The minimum Gasteiger partial charge on any atom is -0.135 e. The normalized spacial score (nSPS) is 11.9. The van der Waals surface area contributed by atoms with Crippen molar-refractivity contribution in [1.29, 1.82) is 0 Å². The van der Waals surface area contributed by atoms with E-state index in [1.807, 2.05) is 11.3 Å². The SMILES string of the molecule is Cc1ccc2c(ccc3c2ccc2sc4ccccc4c23)c1. The van der Waals surface area contributed by atoms with Crippen LogP contribution < -0.4 is 0 Å². The Morgan fingerprint density at radius 3 is 2.41 bits per heavy atom. The van der Waals surface area contributed by atoms with Gasteiger partial charge in [0.05, 0.1) is 0 Å². The first-order valence-corrected chi connectivity index (χ1v) is 8.36. The second-order valence-corrected chi connectivity index (χ2v) is 7.01. The molecule has 0 N–H and O–H groups in total. The average molecular weight is 298 g/mol. The van der Waals surface area contributed by atoms with E-state index in [0.717, 1.165) is 0 Å². The minimum absolute atomic E-state index is 1.31. The molecule has 5 rings (SSSR count). The zero-order valence-corrected chi connectivity index (χ0v) is 13.1. The van der Waals surface area contributed by atoms with Crippen molar-refractivity contribution in [1.82, 2.24) is 0 Å². The molecule has 0 saturated heterocycles. The maximum Gasteiger partial charge on any atom is 0.0361 e. The van der Waals surface area contributed by atoms with Crippen LogP contribution in [0.2, 0.25) is 0 Å². The predicted molar refractivity (Wildman–Crippen MR) is 99.1 cm³/mol. The Morgan fingerprint density at radius 1 is 0.636 bits per heavy atom. The third-order valence-electron chi connectivity index (χ3n) is 4.51. The lowest BCUT2D eigenvalue weighted by Gasteiger charge is -2.06. The van der Waals surface area contributed by atoms with E-state index in [1.54, 1.807) is 0 Å². The monoisotopic (exact) mass is 298 g/mol. The molecule has 0 amide bonds. The summed E-state index contributed by atoms with van der Waals surface area (Å²) in [5.74, 6) is 0. The highest BCUT2D eigenvalue weighted by Crippen LogP contribution is 2.40. The fourth-order valence-electron chi connectivity index (χ4n) is 3.49. The molecule has 0 radical (unpaired) electrons. The van der Waals surface area contributed by atoms with Crippen LogP contribution in [0.15, 0.2) is 66.7 Å². The lowest BCUT2D eigenvalue weighted by atomic mass is 9.97. The smallest absolute Gasteiger partial charge is 0.0361 e. The van der Waals surface area contributed by atoms with Crippen LogP contribution in [-0.2, 0) is 0 Å². The lowest BCUT2D eigenvalue weighted by molar-refractivity contribution is 1.51. The van der Waals surface area contributed by atoms with Crippen LogP contribution in [0, 0.1) is 6.92 Å². The number of hydrogen-bond donors (Lipinski definition) is 0. The van der Waals surface area contributed by atoms with Crippen molar-refractivity contribution in [2.24, 2.45) is 0 Å². The van der Waals surface area contributed by atoms with E-state index in [-0.39, 0.29) is 0 Å². The molecule has 5 aromatic rings. The van der Waals surface area contributed by atoms with Gasteiger partial charge in [0.1, 0.15) is 0 Å². The summed E-state index contributed by atoms with van der Waals surface area (Å²) in [7, 11) is 0. The van der Waals surface area contributed by atoms with E-state index >= 15 is 0 Å². The van der Waals surface area contributed by atoms with Gasteiger partial charge in [0, 0.05) is 20.2 Å². The maximum absolute atomic E-state index is 2.29. The zero-order chi connectivity index (χ0) is 14.7. The van der Waals surface area contributed by atoms with Crippen LogP contribution in [0.1, 0.15) is 5.56 Å². The highest BCUT2D eigenvalue weighted by Gasteiger charge is 2.10. The fourth-order valence-corrected chi connectivity index (χ4v) is 4.61. The fraction of sp³-hybridized carbons (Fsp3) is 0.0476. The summed E-state index contributed by atoms with van der Waals surface area (Å²) < 4.78 is 2.74. The third kappa shape index (κ3) is 1.57. The molecule has 0 saturated carbocycles. The van der Waals surface area contributed by atoms with Crippen LogP contribution in [0.5, 0.6) is 0 Å². The van der Waals surface area contributed by atoms with Gasteiger partial charge in [-0.3, -0.25) is 0 Å². The Kier molecular flexibility index (Phi) is 2.39. The summed E-state index contributed by atoms with van der Waals surface area (Å²) in [5, 5.41) is 8.17. The van der Waals surface area contributed by atoms with Crippen molar-refractivity contribution in [2.75, 3.05) is 0 Å². The molecule has 22 heavy (non-hydrogen) atoms. The topological polar surface area (TPSA) is 0 Å². The second kappa shape index (κ2) is 4.31. The summed E-state index contributed by atoms with van der Waals surface area (Å²) >= 11 is 1.88. The Hall–Kier alpha value is -2.38. The third-order valence-corrected chi connectivity index (χ3v) is 5.65. The summed E-state index contributed by atoms with van der Waals surface area (Å²) in [5.41, 5.74) is 1.31. The van der Waals surface area contributed by atoms with E-state index in [2.05, 4.69) is 73.7 Å². The number of hydrogen-bond acceptors (Lipinski definition) is 1. The molecule has 0 spiro atoms. The quantitative estimate of drug-likeness (QED) is 0.280. The number of thiophene rings is 1. The molecule has 0 aliphatic carbocycles. The van der Waals surface area contributed by atoms with E-state index in [9.17, 15) is 0 Å². The van der Waals surface area contributed by atoms with Gasteiger partial charge < -0.3 is 0 Å². The van der Waals surface area contributed by atoms with Gasteiger partial charge in [-0.05, 0) is 40.6 Å². The molecule has 0 nitrogen and oxygen atoms in total. The van der Waals surface area contributed by atoms with Gasteiger partial charge in [0.15, 0.2) is 0 Å². The lowest BCUT2D eigenvalue weighted by Crippen LogP contribution is -1.80. The van der Waals surface area contributed by atoms with Gasteiger partial charge in [-0.1, -0.05) is 60.2 Å². The molecule has 1 aromatic heterocycles. The van der Waals surface area contributed by atoms with E-state index in [4.69, 9.17) is 0 Å². The number of aryl methyl sites for hydroxylation is 1. The molecule has 104 valence electrons. The first-order chi connectivity index (χ1) is 10.8. The van der Waals surface area contributed by atoms with Crippen LogP contribution in [-0.4, -0.2) is 0 Å². The van der Waals surface area contributed by atoms with Gasteiger partial charge in [-0.15, -0.1) is 11.3 Å². The molecule has 1 heteroatoms. The average Bonchev–Trinajstić information content (AvgIpc) is 2.93. The van der Waals surface area contributed by atoms with E-state index < -0.39 is 0 Å². The largest absolute Gasteiger partial charge is 0.135 e. The van der Waals surface area contributed by atoms with Crippen LogP contribution in [0.25, 0.3) is 41.7 Å². The summed E-state index contributed by atoms with van der Waals surface area (Å²) in [6, 6.07) is 24.6. The predicted octanol–water partition coefficient (Wildman–Crippen LogP) is 6.67. The van der Waals surface area contributed by atoms with Crippen molar-refractivity contribution in [3.63, 3.8) is 0 Å². The number of benzene rings is 4. The highest BCUT2D eigenvalue weighted by molar-refractivity contribution is 7.26. The van der Waals surface area contributed by atoms with Gasteiger partial charge in [0.2, 0.25) is 0 Å². The first-order valence-electron chi connectivity index (χ1n) is 7.54. The molecular formula is C21H14S. The molecule has 4 aromatic carbocycles. The van der Waals surface area contributed by atoms with Crippen molar-refractivity contribution < 1.29 is 0 Å². The first kappa shape index (κ1) is 12.2. The number of fused-ring (bicyclic) bond motifs is 7. The Labute approximate surface area is 132 Å². The van der Waals surface area contributed by atoms with E-state index in [0.29, 0.717) is 0 Å². The molecule has 0 aliphatic rings. The molecule has 0 unspecified atom stereocenters. The van der Waals surface area contributed by atoms with Crippen LogP contribution in [0.4, 0.5) is 0 Å². The van der Waals surface area contributed by atoms with Gasteiger partial charge in [0.25, 0.3) is 0 Å². The Morgan fingerprint density at radius 2 is 1.45 bits per heavy atom. The molecule has 0 bridgehead atoms. The van der Waals surface area contributed by atoms with Crippen molar-refractivity contribution in [3.05, 3.63) is 72.3 Å². The summed E-state index contributed by atoms with van der Waals surface area (Å²) in [6.07, 6.45) is 0. The molecule has 1 heterocycles. The van der Waals surface area contributed by atoms with Crippen LogP contribution >= 0.6 is 11.3 Å². The molecule has 0 aliphatic heterocycles. The molecule has 0 fully saturated rings. The molecule has 0 atom stereocenters. The van der Waals surface area contributed by atoms with E-state index in [1.165, 1.54) is 47.3 Å². The maximum atomic E-state index is 2.29. The molecular weight excluding hydrogens is 284 g/mol. The second-order valence-electron chi connectivity index (χ2n) is 5.92. The zero-order valence-electron chi connectivity index (χ0n) is 12.3. The number of rotatable bonds is 0.